The van der Waals surface area contributed by atoms with Gasteiger partial charge in [0.15, 0.2) is 0 Å². The molecule has 0 aromatic heterocycles. The molecule has 11 heavy (non-hydrogen) atoms. The lowest BCUT2D eigenvalue weighted by Crippen LogP contribution is -2.38. The lowest BCUT2D eigenvalue weighted by Gasteiger charge is -2.18. The van der Waals surface area contributed by atoms with Gasteiger partial charge < -0.3 is 15.8 Å². The van der Waals surface area contributed by atoms with Gasteiger partial charge in [0.1, 0.15) is 0 Å². The number of rotatable bonds is 6. The van der Waals surface area contributed by atoms with Crippen molar-refractivity contribution in [1.82, 2.24) is 15.7 Å². The molecule has 1 unspecified atom stereocenters. The molecule has 0 aliphatic carbocycles. The number of likely N-dealkylation sites (N-methyl/N-ethyl adjacent to an activating group) is 2. The molecule has 0 aromatic carbocycles. The van der Waals surface area contributed by atoms with Crippen molar-refractivity contribution in [3.8, 4) is 0 Å². The molecule has 0 aliphatic heterocycles. The summed E-state index contributed by atoms with van der Waals surface area (Å²) in [7, 11) is 3.76. The van der Waals surface area contributed by atoms with Crippen LogP contribution < -0.4 is 10.6 Å². The Morgan fingerprint density at radius 2 is 2.09 bits per heavy atom. The highest BCUT2D eigenvalue weighted by atomic mass is 16.5. The van der Waals surface area contributed by atoms with Gasteiger partial charge in [0, 0.05) is 25.7 Å². The molecule has 0 spiro atoms. The van der Waals surface area contributed by atoms with Gasteiger partial charge in [0.05, 0.1) is 0 Å². The van der Waals surface area contributed by atoms with Gasteiger partial charge in [-0.3, -0.25) is 0 Å². The molecule has 3 N–H and O–H groups in total. The molecule has 0 saturated carbocycles. The van der Waals surface area contributed by atoms with Crippen molar-refractivity contribution < 1.29 is 5.21 Å². The van der Waals surface area contributed by atoms with Crippen LogP contribution in [0.4, 0.5) is 0 Å². The Morgan fingerprint density at radius 3 is 2.55 bits per heavy atom. The summed E-state index contributed by atoms with van der Waals surface area (Å²) in [6, 6.07) is 0.330. The normalized spacial score (nSPS) is 13.9. The number of hydroxylamine groups is 2. The smallest absolute Gasteiger partial charge is 0.0389 e. The minimum absolute atomic E-state index is 0.330. The van der Waals surface area contributed by atoms with Crippen LogP contribution in [0, 0.1) is 0 Å². The molecule has 1 atom stereocenters. The predicted molar refractivity (Wildman–Crippen MR) is 45.8 cm³/mol. The van der Waals surface area contributed by atoms with Gasteiger partial charge in [-0.1, -0.05) is 0 Å². The van der Waals surface area contributed by atoms with Crippen LogP contribution in [0.3, 0.4) is 0 Å². The lowest BCUT2D eigenvalue weighted by molar-refractivity contribution is -0.0933. The van der Waals surface area contributed by atoms with Crippen molar-refractivity contribution in [2.24, 2.45) is 0 Å². The Balaban J connectivity index is 3.27. The molecule has 0 aromatic rings. The molecule has 4 nitrogen and oxygen atoms in total. The van der Waals surface area contributed by atoms with Crippen molar-refractivity contribution >= 4 is 0 Å². The van der Waals surface area contributed by atoms with E-state index in [9.17, 15) is 5.21 Å². The first-order valence-electron chi connectivity index (χ1n) is 3.96. The van der Waals surface area contributed by atoms with Crippen LogP contribution in [-0.2, 0) is 0 Å². The zero-order valence-electron chi connectivity index (χ0n) is 7.59. The monoisotopic (exact) mass is 161 g/mol. The van der Waals surface area contributed by atoms with E-state index in [-0.39, 0.29) is 0 Å². The second-order valence-corrected chi connectivity index (χ2v) is 2.71. The largest absolute Gasteiger partial charge is 0.318 e. The van der Waals surface area contributed by atoms with Gasteiger partial charge in [-0.05, 0) is 21.0 Å². The second kappa shape index (κ2) is 6.54. The lowest BCUT2D eigenvalue weighted by atomic mass is 10.3. The molecule has 0 aliphatic rings. The predicted octanol–water partition coefficient (Wildman–Crippen LogP) is -0.495. The first kappa shape index (κ1) is 10.8. The van der Waals surface area contributed by atoms with Gasteiger partial charge in [-0.2, -0.15) is 5.06 Å². The topological polar surface area (TPSA) is 47.5 Å². The molecule has 0 saturated heterocycles. The van der Waals surface area contributed by atoms with Crippen molar-refractivity contribution in [2.75, 3.05) is 33.7 Å². The fourth-order valence-electron chi connectivity index (χ4n) is 0.740. The van der Waals surface area contributed by atoms with Crippen LogP contribution in [0.1, 0.15) is 6.92 Å². The maximum absolute atomic E-state index is 9.24. The maximum atomic E-state index is 9.24. The minimum Gasteiger partial charge on any atom is -0.318 e. The summed E-state index contributed by atoms with van der Waals surface area (Å²) in [5, 5.41) is 16.6. The third-order valence-corrected chi connectivity index (χ3v) is 1.60. The van der Waals surface area contributed by atoms with E-state index >= 15 is 0 Å². The third kappa shape index (κ3) is 6.25. The summed E-state index contributed by atoms with van der Waals surface area (Å²) >= 11 is 0. The maximum Gasteiger partial charge on any atom is 0.0389 e. The Labute approximate surface area is 68.5 Å². The van der Waals surface area contributed by atoms with Crippen molar-refractivity contribution in [1.29, 1.82) is 0 Å². The van der Waals surface area contributed by atoms with Gasteiger partial charge in [-0.25, -0.2) is 0 Å². The van der Waals surface area contributed by atoms with Crippen LogP contribution >= 0.6 is 0 Å². The highest BCUT2D eigenvalue weighted by Crippen LogP contribution is 1.85. The number of nitrogens with zero attached hydrogens (tertiary/aromatic N) is 1. The number of hydrogen-bond donors (Lipinski definition) is 3. The van der Waals surface area contributed by atoms with E-state index in [4.69, 9.17) is 0 Å². The Kier molecular flexibility index (Phi) is 6.45. The molecule has 0 rings (SSSR count). The number of hydrogen-bond acceptors (Lipinski definition) is 4. The molecule has 0 fully saturated rings. The van der Waals surface area contributed by atoms with E-state index in [1.807, 2.05) is 21.0 Å². The van der Waals surface area contributed by atoms with Crippen LogP contribution in [0.25, 0.3) is 0 Å². The van der Waals surface area contributed by atoms with Crippen LogP contribution in [0.15, 0.2) is 0 Å². The van der Waals surface area contributed by atoms with E-state index < -0.39 is 0 Å². The molecule has 0 radical (unpaired) electrons. The average Bonchev–Trinajstić information content (AvgIpc) is 2.00. The zero-order valence-corrected chi connectivity index (χ0v) is 7.59. The zero-order chi connectivity index (χ0) is 8.69. The first-order valence-corrected chi connectivity index (χ1v) is 3.96. The van der Waals surface area contributed by atoms with Crippen LogP contribution in [0.5, 0.6) is 0 Å². The molecule has 0 bridgehead atoms. The van der Waals surface area contributed by atoms with E-state index in [0.29, 0.717) is 19.1 Å². The summed E-state index contributed by atoms with van der Waals surface area (Å²) in [6.07, 6.45) is 0. The molecule has 4 heteroatoms. The van der Waals surface area contributed by atoms with E-state index in [1.165, 1.54) is 5.06 Å². The molecule has 0 heterocycles. The van der Waals surface area contributed by atoms with E-state index in [2.05, 4.69) is 10.6 Å². The second-order valence-electron chi connectivity index (χ2n) is 2.71. The first-order chi connectivity index (χ1) is 5.20. The van der Waals surface area contributed by atoms with Crippen LogP contribution in [0.2, 0.25) is 0 Å². The summed E-state index contributed by atoms with van der Waals surface area (Å²) in [4.78, 5) is 0. The SMILES string of the molecule is CNCCN(O)CC(C)NC. The minimum atomic E-state index is 0.330. The van der Waals surface area contributed by atoms with Gasteiger partial charge in [0.25, 0.3) is 0 Å². The third-order valence-electron chi connectivity index (χ3n) is 1.60. The Morgan fingerprint density at radius 1 is 1.45 bits per heavy atom. The quantitative estimate of drug-likeness (QED) is 0.460. The number of nitrogens with one attached hydrogen (secondary N) is 2. The summed E-state index contributed by atoms with van der Waals surface area (Å²) in [6.45, 7) is 4.18. The van der Waals surface area contributed by atoms with E-state index in [0.717, 1.165) is 6.54 Å². The van der Waals surface area contributed by atoms with Crippen LogP contribution in [-0.4, -0.2) is 50.0 Å². The molecule has 0 amide bonds. The van der Waals surface area contributed by atoms with Gasteiger partial charge in [0.2, 0.25) is 0 Å². The van der Waals surface area contributed by atoms with Crippen molar-refractivity contribution in [3.63, 3.8) is 0 Å². The molecule has 68 valence electrons. The summed E-state index contributed by atoms with van der Waals surface area (Å²) in [5.41, 5.74) is 0. The summed E-state index contributed by atoms with van der Waals surface area (Å²) < 4.78 is 0. The fourth-order valence-corrected chi connectivity index (χ4v) is 0.740. The van der Waals surface area contributed by atoms with E-state index in [1.54, 1.807) is 0 Å². The van der Waals surface area contributed by atoms with Gasteiger partial charge >= 0.3 is 0 Å². The van der Waals surface area contributed by atoms with Gasteiger partial charge in [-0.15, -0.1) is 0 Å². The highest BCUT2D eigenvalue weighted by molar-refractivity contribution is 4.59. The standard InChI is InChI=1S/C7H19N3O/c1-7(9-3)6-10(11)5-4-8-2/h7-9,11H,4-6H2,1-3H3. The Bertz CT molecular complexity index is 89.8. The molecular formula is C7H19N3O. The summed E-state index contributed by atoms with van der Waals surface area (Å²) in [5.74, 6) is 0. The highest BCUT2D eigenvalue weighted by Gasteiger charge is 2.03. The van der Waals surface area contributed by atoms with Crippen molar-refractivity contribution in [3.05, 3.63) is 0 Å². The van der Waals surface area contributed by atoms with Crippen molar-refractivity contribution in [2.45, 2.75) is 13.0 Å². The Hall–Kier alpha value is -0.160. The fraction of sp³-hybridized carbons (Fsp3) is 1.00. The average molecular weight is 161 g/mol. The molecular weight excluding hydrogens is 142 g/mol.